The number of nitrogens with zero attached hydrogens (tertiary/aromatic N) is 3. The van der Waals surface area contributed by atoms with Gasteiger partial charge in [-0.3, -0.25) is 0 Å². The monoisotopic (exact) mass is 373 g/mol. The molecule has 0 saturated heterocycles. The minimum Gasteiger partial charge on any atom is -0.480 e. The molecule has 2 heterocycles. The van der Waals surface area contributed by atoms with Gasteiger partial charge in [0.25, 0.3) is 0 Å². The summed E-state index contributed by atoms with van der Waals surface area (Å²) in [5.41, 5.74) is 5.75. The van der Waals surface area contributed by atoms with E-state index in [9.17, 15) is 5.11 Å². The van der Waals surface area contributed by atoms with Crippen LogP contribution in [0.15, 0.2) is 60.7 Å². The van der Waals surface area contributed by atoms with Crippen molar-refractivity contribution in [3.8, 4) is 17.0 Å². The van der Waals surface area contributed by atoms with Crippen molar-refractivity contribution in [2.75, 3.05) is 7.11 Å². The lowest BCUT2D eigenvalue weighted by atomic mass is 10.0. The number of hydrogen-bond acceptors (Lipinski definition) is 4. The van der Waals surface area contributed by atoms with Crippen molar-refractivity contribution in [2.24, 2.45) is 7.05 Å². The van der Waals surface area contributed by atoms with Crippen molar-refractivity contribution in [3.63, 3.8) is 0 Å². The zero-order valence-electron chi connectivity index (χ0n) is 16.1. The first-order valence-electron chi connectivity index (χ1n) is 9.34. The molecule has 0 bridgehead atoms. The Hall–Kier alpha value is -3.18. The molecule has 28 heavy (non-hydrogen) atoms. The van der Waals surface area contributed by atoms with Gasteiger partial charge in [0.2, 0.25) is 5.88 Å². The summed E-state index contributed by atoms with van der Waals surface area (Å²) in [4.78, 5) is 9.38. The first-order valence-corrected chi connectivity index (χ1v) is 9.34. The van der Waals surface area contributed by atoms with E-state index in [0.717, 1.165) is 40.9 Å². The van der Waals surface area contributed by atoms with Crippen LogP contribution in [0.2, 0.25) is 0 Å². The van der Waals surface area contributed by atoms with Crippen LogP contribution in [0.4, 0.5) is 0 Å². The average Bonchev–Trinajstić information content (AvgIpc) is 3.07. The summed E-state index contributed by atoms with van der Waals surface area (Å²) in [6.07, 6.45) is 1.78. The van der Waals surface area contributed by atoms with E-state index in [1.54, 1.807) is 7.11 Å². The van der Waals surface area contributed by atoms with Gasteiger partial charge in [-0.1, -0.05) is 54.6 Å². The zero-order chi connectivity index (χ0) is 19.5. The highest BCUT2D eigenvalue weighted by molar-refractivity contribution is 5.82. The molecule has 0 aliphatic heterocycles. The molecule has 0 radical (unpaired) electrons. The summed E-state index contributed by atoms with van der Waals surface area (Å²) in [5, 5.41) is 9.26. The Kier molecular flexibility index (Phi) is 5.08. The van der Waals surface area contributed by atoms with E-state index in [0.29, 0.717) is 11.5 Å². The topological polar surface area (TPSA) is 60.2 Å². The molecule has 0 aliphatic carbocycles. The highest BCUT2D eigenvalue weighted by Gasteiger charge is 2.15. The third-order valence-electron chi connectivity index (χ3n) is 5.05. The quantitative estimate of drug-likeness (QED) is 0.556. The lowest BCUT2D eigenvalue weighted by molar-refractivity contribution is 0.282. The van der Waals surface area contributed by atoms with Gasteiger partial charge in [0.15, 0.2) is 5.65 Å². The van der Waals surface area contributed by atoms with Crippen LogP contribution in [-0.2, 0) is 26.5 Å². The second-order valence-electron chi connectivity index (χ2n) is 6.82. The van der Waals surface area contributed by atoms with Crippen LogP contribution in [0.25, 0.3) is 22.3 Å². The fourth-order valence-electron chi connectivity index (χ4n) is 3.42. The van der Waals surface area contributed by atoms with E-state index < -0.39 is 0 Å². The summed E-state index contributed by atoms with van der Waals surface area (Å²) in [5.74, 6) is 1.55. The summed E-state index contributed by atoms with van der Waals surface area (Å²) >= 11 is 0. The van der Waals surface area contributed by atoms with Crippen LogP contribution < -0.4 is 4.74 Å². The maximum Gasteiger partial charge on any atom is 0.223 e. The van der Waals surface area contributed by atoms with Gasteiger partial charge in [0.05, 0.1) is 19.2 Å². The SMILES string of the molecule is COc1nc2nc(CCc3ccccc3)n(C)c2cc1-c1ccc(CO)cc1. The number of hydrogen-bond donors (Lipinski definition) is 1. The lowest BCUT2D eigenvalue weighted by Gasteiger charge is -2.09. The number of aromatic nitrogens is 3. The number of pyridine rings is 1. The van der Waals surface area contributed by atoms with E-state index in [2.05, 4.69) is 39.9 Å². The fraction of sp³-hybridized carbons (Fsp3) is 0.217. The normalized spacial score (nSPS) is 11.1. The maximum absolute atomic E-state index is 9.26. The van der Waals surface area contributed by atoms with Crippen molar-refractivity contribution in [3.05, 3.63) is 77.6 Å². The number of imidazole rings is 1. The molecule has 4 rings (SSSR count). The highest BCUT2D eigenvalue weighted by atomic mass is 16.5. The molecule has 0 spiro atoms. The third kappa shape index (κ3) is 3.49. The van der Waals surface area contributed by atoms with Crippen molar-refractivity contribution in [1.82, 2.24) is 14.5 Å². The third-order valence-corrected chi connectivity index (χ3v) is 5.05. The number of benzene rings is 2. The number of ether oxygens (including phenoxy) is 1. The maximum atomic E-state index is 9.26. The van der Waals surface area contributed by atoms with Crippen molar-refractivity contribution >= 4 is 11.2 Å². The summed E-state index contributed by atoms with van der Waals surface area (Å²) < 4.78 is 7.64. The first kappa shape index (κ1) is 18.2. The molecule has 2 aromatic heterocycles. The van der Waals surface area contributed by atoms with Crippen LogP contribution in [0, 0.1) is 0 Å². The molecule has 0 aliphatic rings. The Morgan fingerprint density at radius 2 is 1.68 bits per heavy atom. The van der Waals surface area contributed by atoms with Gasteiger partial charge in [0.1, 0.15) is 5.82 Å². The number of methoxy groups -OCH3 is 1. The van der Waals surface area contributed by atoms with Gasteiger partial charge in [-0.05, 0) is 29.2 Å². The van der Waals surface area contributed by atoms with Gasteiger partial charge in [-0.25, -0.2) is 4.98 Å². The fourth-order valence-corrected chi connectivity index (χ4v) is 3.42. The van der Waals surface area contributed by atoms with Crippen LogP contribution in [0.3, 0.4) is 0 Å². The van der Waals surface area contributed by atoms with Crippen molar-refractivity contribution in [2.45, 2.75) is 19.4 Å². The number of aryl methyl sites for hydroxylation is 3. The number of aliphatic hydroxyl groups is 1. The second-order valence-corrected chi connectivity index (χ2v) is 6.82. The minimum atomic E-state index is 0.0290. The predicted octanol–water partition coefficient (Wildman–Crippen LogP) is 3.92. The smallest absolute Gasteiger partial charge is 0.223 e. The Morgan fingerprint density at radius 3 is 2.36 bits per heavy atom. The van der Waals surface area contributed by atoms with E-state index >= 15 is 0 Å². The Labute approximate surface area is 164 Å². The molecule has 2 aromatic carbocycles. The summed E-state index contributed by atoms with van der Waals surface area (Å²) in [7, 11) is 3.65. The molecule has 0 amide bonds. The van der Waals surface area contributed by atoms with E-state index in [4.69, 9.17) is 9.72 Å². The van der Waals surface area contributed by atoms with Gasteiger partial charge in [0, 0.05) is 19.0 Å². The van der Waals surface area contributed by atoms with E-state index in [-0.39, 0.29) is 6.61 Å². The zero-order valence-corrected chi connectivity index (χ0v) is 16.1. The van der Waals surface area contributed by atoms with Gasteiger partial charge in [-0.2, -0.15) is 4.98 Å². The molecule has 0 unspecified atom stereocenters. The molecule has 4 aromatic rings. The molecular formula is C23H23N3O2. The average molecular weight is 373 g/mol. The first-order chi connectivity index (χ1) is 13.7. The largest absolute Gasteiger partial charge is 0.480 e. The Bertz CT molecular complexity index is 1090. The molecule has 0 atom stereocenters. The molecule has 142 valence electrons. The van der Waals surface area contributed by atoms with Gasteiger partial charge in [-0.15, -0.1) is 0 Å². The van der Waals surface area contributed by atoms with Crippen LogP contribution >= 0.6 is 0 Å². The lowest BCUT2D eigenvalue weighted by Crippen LogP contribution is -2.00. The minimum absolute atomic E-state index is 0.0290. The van der Waals surface area contributed by atoms with Crippen LogP contribution in [0.1, 0.15) is 17.0 Å². The van der Waals surface area contributed by atoms with Crippen LogP contribution in [-0.4, -0.2) is 26.8 Å². The summed E-state index contributed by atoms with van der Waals surface area (Å²) in [6.45, 7) is 0.0290. The molecule has 1 N–H and O–H groups in total. The second kappa shape index (κ2) is 7.82. The van der Waals surface area contributed by atoms with E-state index in [1.165, 1.54) is 5.56 Å². The predicted molar refractivity (Wildman–Crippen MR) is 110 cm³/mol. The summed E-state index contributed by atoms with van der Waals surface area (Å²) in [6, 6.07) is 20.3. The number of fused-ring (bicyclic) bond motifs is 1. The highest BCUT2D eigenvalue weighted by Crippen LogP contribution is 2.32. The van der Waals surface area contributed by atoms with Crippen molar-refractivity contribution < 1.29 is 9.84 Å². The Morgan fingerprint density at radius 1 is 0.929 bits per heavy atom. The molecule has 5 nitrogen and oxygen atoms in total. The standard InChI is InChI=1S/C23H23N3O2/c1-26-20-14-19(18-11-8-17(15-27)9-12-18)23(28-2)25-22(20)24-21(26)13-10-16-6-4-3-5-7-16/h3-9,11-12,14,27H,10,13,15H2,1-2H3. The molecule has 0 saturated carbocycles. The van der Waals surface area contributed by atoms with Gasteiger partial charge >= 0.3 is 0 Å². The molecular weight excluding hydrogens is 350 g/mol. The molecule has 0 fully saturated rings. The number of rotatable bonds is 6. The molecule has 5 heteroatoms. The van der Waals surface area contributed by atoms with E-state index in [1.807, 2.05) is 37.4 Å². The van der Waals surface area contributed by atoms with Crippen molar-refractivity contribution in [1.29, 1.82) is 0 Å². The number of aliphatic hydroxyl groups excluding tert-OH is 1. The Balaban J connectivity index is 1.71. The van der Waals surface area contributed by atoms with Gasteiger partial charge < -0.3 is 14.4 Å². The van der Waals surface area contributed by atoms with Crippen LogP contribution in [0.5, 0.6) is 5.88 Å².